The highest BCUT2D eigenvalue weighted by Crippen LogP contribution is 2.23. The summed E-state index contributed by atoms with van der Waals surface area (Å²) < 4.78 is 5.38. The van der Waals surface area contributed by atoms with Crippen molar-refractivity contribution < 1.29 is 9.53 Å². The first-order valence-electron chi connectivity index (χ1n) is 6.26. The van der Waals surface area contributed by atoms with Crippen LogP contribution in [0.3, 0.4) is 0 Å². The second-order valence-electron chi connectivity index (χ2n) is 4.30. The summed E-state index contributed by atoms with van der Waals surface area (Å²) in [4.78, 5) is 11.7. The summed E-state index contributed by atoms with van der Waals surface area (Å²) in [7, 11) is 0. The van der Waals surface area contributed by atoms with Crippen molar-refractivity contribution in [2.45, 2.75) is 32.6 Å². The van der Waals surface area contributed by atoms with Gasteiger partial charge in [-0.2, -0.15) is 0 Å². The molecule has 17 heavy (non-hydrogen) atoms. The Bertz CT molecular complexity index is 415. The van der Waals surface area contributed by atoms with Gasteiger partial charge in [-0.1, -0.05) is 12.1 Å². The minimum atomic E-state index is 0.310. The maximum atomic E-state index is 11.7. The molecular formula is C15H18O2. The van der Waals surface area contributed by atoms with Crippen LogP contribution in [0, 0.1) is 0 Å². The minimum Gasteiger partial charge on any atom is -0.494 e. The van der Waals surface area contributed by atoms with Crippen molar-refractivity contribution >= 4 is 11.9 Å². The Labute approximate surface area is 102 Å². The SMILES string of the molecule is CCOc1ccc(/C=C2/CCCCC2=O)cc1. The van der Waals surface area contributed by atoms with Crippen LogP contribution in [0.2, 0.25) is 0 Å². The number of carbonyl (C=O) groups is 1. The smallest absolute Gasteiger partial charge is 0.158 e. The van der Waals surface area contributed by atoms with Gasteiger partial charge in [0.25, 0.3) is 0 Å². The third-order valence-corrected chi connectivity index (χ3v) is 2.99. The van der Waals surface area contributed by atoms with Crippen LogP contribution in [0.1, 0.15) is 38.2 Å². The molecule has 0 N–H and O–H groups in total. The molecule has 2 heteroatoms. The highest BCUT2D eigenvalue weighted by atomic mass is 16.5. The van der Waals surface area contributed by atoms with Gasteiger partial charge in [0.15, 0.2) is 5.78 Å². The normalized spacial score (nSPS) is 18.4. The summed E-state index contributed by atoms with van der Waals surface area (Å²) in [5, 5.41) is 0. The molecule has 0 spiro atoms. The molecule has 1 fully saturated rings. The molecule has 0 atom stereocenters. The fourth-order valence-electron chi connectivity index (χ4n) is 2.08. The Morgan fingerprint density at radius 1 is 1.18 bits per heavy atom. The molecule has 90 valence electrons. The van der Waals surface area contributed by atoms with Crippen molar-refractivity contribution in [2.75, 3.05) is 6.61 Å². The second-order valence-corrected chi connectivity index (χ2v) is 4.30. The number of Topliss-reactive ketones (excluding diaryl/α,β-unsaturated/α-hetero) is 1. The molecular weight excluding hydrogens is 212 g/mol. The van der Waals surface area contributed by atoms with Crippen molar-refractivity contribution in [3.63, 3.8) is 0 Å². The summed E-state index contributed by atoms with van der Waals surface area (Å²) in [5.74, 6) is 1.19. The van der Waals surface area contributed by atoms with Gasteiger partial charge in [-0.15, -0.1) is 0 Å². The van der Waals surface area contributed by atoms with Crippen LogP contribution in [0.5, 0.6) is 5.75 Å². The van der Waals surface area contributed by atoms with Crippen molar-refractivity contribution in [2.24, 2.45) is 0 Å². The van der Waals surface area contributed by atoms with Gasteiger partial charge in [0.1, 0.15) is 5.75 Å². The van der Waals surface area contributed by atoms with Gasteiger partial charge in [-0.3, -0.25) is 4.79 Å². The Morgan fingerprint density at radius 3 is 2.53 bits per heavy atom. The Hall–Kier alpha value is -1.57. The molecule has 0 aliphatic heterocycles. The zero-order valence-electron chi connectivity index (χ0n) is 10.2. The van der Waals surface area contributed by atoms with E-state index in [-0.39, 0.29) is 0 Å². The van der Waals surface area contributed by atoms with Crippen LogP contribution in [-0.2, 0) is 4.79 Å². The molecule has 1 aromatic rings. The average molecular weight is 230 g/mol. The maximum absolute atomic E-state index is 11.7. The van der Waals surface area contributed by atoms with Crippen LogP contribution < -0.4 is 4.74 Å². The molecule has 0 bridgehead atoms. The number of ketones is 1. The largest absolute Gasteiger partial charge is 0.494 e. The number of hydrogen-bond acceptors (Lipinski definition) is 2. The highest BCUT2D eigenvalue weighted by Gasteiger charge is 2.14. The third kappa shape index (κ3) is 3.19. The third-order valence-electron chi connectivity index (χ3n) is 2.99. The van der Waals surface area contributed by atoms with Crippen LogP contribution >= 0.6 is 0 Å². The lowest BCUT2D eigenvalue weighted by Crippen LogP contribution is -2.07. The number of hydrogen-bond donors (Lipinski definition) is 0. The maximum Gasteiger partial charge on any atom is 0.158 e. The minimum absolute atomic E-state index is 0.310. The number of carbonyl (C=O) groups excluding carboxylic acids is 1. The standard InChI is InChI=1S/C15H18O2/c1-2-17-14-9-7-12(8-10-14)11-13-5-3-4-6-15(13)16/h7-11H,2-6H2,1H3/b13-11-. The number of rotatable bonds is 3. The van der Waals surface area contributed by atoms with Crippen LogP contribution in [0.4, 0.5) is 0 Å². The molecule has 0 saturated heterocycles. The molecule has 0 unspecified atom stereocenters. The Kier molecular flexibility index (Phi) is 3.97. The molecule has 1 aliphatic rings. The first-order chi connectivity index (χ1) is 8.29. The second kappa shape index (κ2) is 5.67. The number of allylic oxidation sites excluding steroid dienone is 1. The van der Waals surface area contributed by atoms with E-state index in [9.17, 15) is 4.79 Å². The number of benzene rings is 1. The quantitative estimate of drug-likeness (QED) is 0.741. The van der Waals surface area contributed by atoms with Gasteiger partial charge in [-0.05, 0) is 55.5 Å². The molecule has 0 amide bonds. The van der Waals surface area contributed by atoms with E-state index in [4.69, 9.17) is 4.74 Å². The topological polar surface area (TPSA) is 26.3 Å². The molecule has 1 aliphatic carbocycles. The average Bonchev–Trinajstić information content (AvgIpc) is 2.35. The lowest BCUT2D eigenvalue weighted by atomic mass is 9.92. The molecule has 2 rings (SSSR count). The summed E-state index contributed by atoms with van der Waals surface area (Å²) in [5.41, 5.74) is 2.05. The predicted octanol–water partition coefficient (Wildman–Crippen LogP) is 3.61. The Morgan fingerprint density at radius 2 is 1.88 bits per heavy atom. The lowest BCUT2D eigenvalue weighted by Gasteiger charge is -2.12. The van der Waals surface area contributed by atoms with Crippen LogP contribution in [0.25, 0.3) is 6.08 Å². The van der Waals surface area contributed by atoms with Gasteiger partial charge < -0.3 is 4.74 Å². The van der Waals surface area contributed by atoms with Crippen molar-refractivity contribution in [3.8, 4) is 5.75 Å². The Balaban J connectivity index is 2.11. The van der Waals surface area contributed by atoms with E-state index in [1.54, 1.807) is 0 Å². The predicted molar refractivity (Wildman–Crippen MR) is 69.1 cm³/mol. The fraction of sp³-hybridized carbons (Fsp3) is 0.400. The molecule has 1 saturated carbocycles. The highest BCUT2D eigenvalue weighted by molar-refractivity contribution is 6.00. The summed E-state index contributed by atoms with van der Waals surface area (Å²) in [6.45, 7) is 2.65. The molecule has 0 heterocycles. The molecule has 0 radical (unpaired) electrons. The zero-order chi connectivity index (χ0) is 12.1. The van der Waals surface area contributed by atoms with Gasteiger partial charge in [-0.25, -0.2) is 0 Å². The van der Waals surface area contributed by atoms with Gasteiger partial charge in [0, 0.05) is 6.42 Å². The van der Waals surface area contributed by atoms with Gasteiger partial charge in [0.05, 0.1) is 6.61 Å². The number of ether oxygens (including phenoxy) is 1. The summed E-state index contributed by atoms with van der Waals surface area (Å²) >= 11 is 0. The van der Waals surface area contributed by atoms with E-state index in [2.05, 4.69) is 0 Å². The first kappa shape index (κ1) is 11.9. The van der Waals surface area contributed by atoms with Crippen molar-refractivity contribution in [3.05, 3.63) is 35.4 Å². The van der Waals surface area contributed by atoms with E-state index in [0.29, 0.717) is 18.8 Å². The van der Waals surface area contributed by atoms with E-state index >= 15 is 0 Å². The van der Waals surface area contributed by atoms with Crippen molar-refractivity contribution in [1.82, 2.24) is 0 Å². The molecule has 0 aromatic heterocycles. The van der Waals surface area contributed by atoms with Gasteiger partial charge in [0.2, 0.25) is 0 Å². The zero-order valence-corrected chi connectivity index (χ0v) is 10.2. The molecule has 2 nitrogen and oxygen atoms in total. The summed E-state index contributed by atoms with van der Waals surface area (Å²) in [6.07, 6.45) is 5.82. The van der Waals surface area contributed by atoms with E-state index in [1.165, 1.54) is 0 Å². The van der Waals surface area contributed by atoms with E-state index in [1.807, 2.05) is 37.3 Å². The fourth-order valence-corrected chi connectivity index (χ4v) is 2.08. The van der Waals surface area contributed by atoms with Crippen LogP contribution in [0.15, 0.2) is 29.8 Å². The van der Waals surface area contributed by atoms with Gasteiger partial charge >= 0.3 is 0 Å². The monoisotopic (exact) mass is 230 g/mol. The van der Waals surface area contributed by atoms with Crippen LogP contribution in [-0.4, -0.2) is 12.4 Å². The lowest BCUT2D eigenvalue weighted by molar-refractivity contribution is -0.116. The first-order valence-corrected chi connectivity index (χ1v) is 6.26. The van der Waals surface area contributed by atoms with Crippen molar-refractivity contribution in [1.29, 1.82) is 0 Å². The summed E-state index contributed by atoms with van der Waals surface area (Å²) in [6, 6.07) is 7.89. The van der Waals surface area contributed by atoms with E-state index < -0.39 is 0 Å². The molecule has 1 aromatic carbocycles. The van der Waals surface area contributed by atoms with E-state index in [0.717, 1.165) is 36.1 Å².